The van der Waals surface area contributed by atoms with Crippen LogP contribution in [0.1, 0.15) is 93.3 Å². The van der Waals surface area contributed by atoms with Crippen molar-refractivity contribution in [1.82, 2.24) is 0 Å². The van der Waals surface area contributed by atoms with Gasteiger partial charge in [-0.2, -0.15) is 0 Å². The molecule has 3 rings (SSSR count). The maximum absolute atomic E-state index is 12.0. The van der Waals surface area contributed by atoms with Gasteiger partial charge in [-0.3, -0.25) is 0 Å². The molecule has 2 aromatic rings. The molecule has 2 N–H and O–H groups in total. The molecular formula is C28H34O9. The van der Waals surface area contributed by atoms with Gasteiger partial charge in [0.1, 0.15) is 12.7 Å². The number of aromatic carboxylic acids is 2. The number of carboxylic acid groups (broad SMARTS) is 2. The van der Waals surface area contributed by atoms with Crippen LogP contribution < -0.4 is 0 Å². The molecule has 0 aliphatic heterocycles. The number of benzene rings is 2. The lowest BCUT2D eigenvalue weighted by Gasteiger charge is -2.22. The fourth-order valence-electron chi connectivity index (χ4n) is 3.71. The highest BCUT2D eigenvalue weighted by molar-refractivity contribution is 6.03. The van der Waals surface area contributed by atoms with Crippen LogP contribution in [0.5, 0.6) is 0 Å². The molecule has 1 aliphatic carbocycles. The minimum atomic E-state index is -1.15. The summed E-state index contributed by atoms with van der Waals surface area (Å²) in [5, 5.41) is 18.0. The molecule has 0 radical (unpaired) electrons. The van der Waals surface area contributed by atoms with E-state index in [1.807, 2.05) is 0 Å². The average Bonchev–Trinajstić information content (AvgIpc) is 2.91. The van der Waals surface area contributed by atoms with Gasteiger partial charge in [-0.15, -0.1) is 0 Å². The minimum absolute atomic E-state index is 0.00157. The van der Waals surface area contributed by atoms with Gasteiger partial charge < -0.3 is 24.4 Å². The van der Waals surface area contributed by atoms with Crippen molar-refractivity contribution in [3.63, 3.8) is 0 Å². The zero-order valence-electron chi connectivity index (χ0n) is 21.0. The lowest BCUT2D eigenvalue weighted by atomic mass is 9.97. The molecule has 0 saturated heterocycles. The first kappa shape index (κ1) is 29.5. The molecule has 1 aliphatic rings. The van der Waals surface area contributed by atoms with E-state index in [-0.39, 0.29) is 35.0 Å². The first-order chi connectivity index (χ1) is 17.8. The van der Waals surface area contributed by atoms with E-state index in [1.54, 1.807) is 24.3 Å². The summed E-state index contributed by atoms with van der Waals surface area (Å²) in [7, 11) is 0. The summed E-state index contributed by atoms with van der Waals surface area (Å²) in [4.78, 5) is 45.6. The number of unbranched alkanes of at least 4 members (excludes halogenated alkanes) is 1. The Balaban J connectivity index is 0.000000260. The van der Waals surface area contributed by atoms with E-state index < -0.39 is 23.9 Å². The normalized spacial score (nSPS) is 13.1. The van der Waals surface area contributed by atoms with Crippen molar-refractivity contribution < 1.29 is 43.6 Å². The lowest BCUT2D eigenvalue weighted by Crippen LogP contribution is -2.22. The monoisotopic (exact) mass is 514 g/mol. The van der Waals surface area contributed by atoms with Gasteiger partial charge in [-0.05, 0) is 56.4 Å². The van der Waals surface area contributed by atoms with Crippen molar-refractivity contribution in [3.05, 3.63) is 70.8 Å². The predicted octanol–water partition coefficient (Wildman–Crippen LogP) is 5.23. The number of carbonyl (C=O) groups excluding carboxylic acids is 2. The van der Waals surface area contributed by atoms with Crippen molar-refractivity contribution in [1.29, 1.82) is 0 Å². The molecule has 0 atom stereocenters. The first-order valence-corrected chi connectivity index (χ1v) is 12.5. The largest absolute Gasteiger partial charge is 0.478 e. The van der Waals surface area contributed by atoms with Crippen LogP contribution in [-0.4, -0.2) is 60.0 Å². The number of esters is 2. The van der Waals surface area contributed by atoms with Crippen LogP contribution >= 0.6 is 0 Å². The highest BCUT2D eigenvalue weighted by Gasteiger charge is 2.22. The summed E-state index contributed by atoms with van der Waals surface area (Å²) in [6.45, 7) is 3.14. The van der Waals surface area contributed by atoms with Crippen LogP contribution in [0.15, 0.2) is 48.5 Å². The second-order valence-corrected chi connectivity index (χ2v) is 8.47. The maximum Gasteiger partial charge on any atom is 0.339 e. The Morgan fingerprint density at radius 1 is 0.730 bits per heavy atom. The zero-order valence-corrected chi connectivity index (χ0v) is 21.0. The number of hydrogen-bond donors (Lipinski definition) is 2. The third-order valence-electron chi connectivity index (χ3n) is 5.68. The highest BCUT2D eigenvalue weighted by atomic mass is 16.6. The summed E-state index contributed by atoms with van der Waals surface area (Å²) in [5.74, 6) is -3.42. The molecule has 0 unspecified atom stereocenters. The van der Waals surface area contributed by atoms with E-state index in [0.29, 0.717) is 13.2 Å². The van der Waals surface area contributed by atoms with Crippen molar-refractivity contribution in [2.24, 2.45) is 0 Å². The SMILES string of the molecule is CCCCOCCOC(=O)c1ccccc1C(=O)O.O=C(O)c1ccccc1C(=O)OC1CCCCC1. The lowest BCUT2D eigenvalue weighted by molar-refractivity contribution is 0.0206. The van der Waals surface area contributed by atoms with Gasteiger partial charge in [0.05, 0.1) is 28.9 Å². The molecule has 9 nitrogen and oxygen atoms in total. The third kappa shape index (κ3) is 10.0. The quantitative estimate of drug-likeness (QED) is 0.305. The van der Waals surface area contributed by atoms with Crippen molar-refractivity contribution in [2.45, 2.75) is 58.0 Å². The Morgan fingerprint density at radius 3 is 1.76 bits per heavy atom. The van der Waals surface area contributed by atoms with Gasteiger partial charge in [-0.1, -0.05) is 44.0 Å². The number of ether oxygens (including phenoxy) is 3. The Bertz CT molecular complexity index is 1040. The minimum Gasteiger partial charge on any atom is -0.478 e. The van der Waals surface area contributed by atoms with Crippen LogP contribution in [0.25, 0.3) is 0 Å². The summed E-state index contributed by atoms with van der Waals surface area (Å²) in [6.07, 6.45) is 7.02. The molecule has 37 heavy (non-hydrogen) atoms. The van der Waals surface area contributed by atoms with E-state index in [1.165, 1.54) is 30.7 Å². The smallest absolute Gasteiger partial charge is 0.339 e. The van der Waals surface area contributed by atoms with Crippen LogP contribution in [0, 0.1) is 0 Å². The fourth-order valence-corrected chi connectivity index (χ4v) is 3.71. The second-order valence-electron chi connectivity index (χ2n) is 8.47. The van der Waals surface area contributed by atoms with Crippen molar-refractivity contribution in [2.75, 3.05) is 19.8 Å². The molecule has 0 heterocycles. The first-order valence-electron chi connectivity index (χ1n) is 12.5. The highest BCUT2D eigenvalue weighted by Crippen LogP contribution is 2.22. The maximum atomic E-state index is 12.0. The third-order valence-corrected chi connectivity index (χ3v) is 5.68. The topological polar surface area (TPSA) is 136 Å². The van der Waals surface area contributed by atoms with E-state index in [4.69, 9.17) is 24.4 Å². The van der Waals surface area contributed by atoms with E-state index >= 15 is 0 Å². The Kier molecular flexibility index (Phi) is 12.8. The van der Waals surface area contributed by atoms with Crippen molar-refractivity contribution in [3.8, 4) is 0 Å². The van der Waals surface area contributed by atoms with E-state index in [9.17, 15) is 19.2 Å². The van der Waals surface area contributed by atoms with E-state index in [2.05, 4.69) is 6.92 Å². The van der Waals surface area contributed by atoms with Crippen LogP contribution in [0.2, 0.25) is 0 Å². The molecule has 1 fully saturated rings. The molecule has 0 amide bonds. The van der Waals surface area contributed by atoms with Crippen molar-refractivity contribution >= 4 is 23.9 Å². The molecule has 0 aromatic heterocycles. The average molecular weight is 515 g/mol. The van der Waals surface area contributed by atoms with Crippen LogP contribution in [-0.2, 0) is 14.2 Å². The Hall–Kier alpha value is -3.72. The molecule has 0 bridgehead atoms. The second kappa shape index (κ2) is 16.1. The summed E-state index contributed by atoms with van der Waals surface area (Å²) >= 11 is 0. The van der Waals surface area contributed by atoms with Gasteiger partial charge in [-0.25, -0.2) is 19.2 Å². The molecule has 200 valence electrons. The van der Waals surface area contributed by atoms with E-state index in [0.717, 1.165) is 38.5 Å². The number of carbonyl (C=O) groups is 4. The standard InChI is InChI=1S/C14H18O5.C14H16O4/c1-2-3-8-18-9-10-19-14(17)12-7-5-4-6-11(12)13(15)16;15-13(16)11-8-4-5-9-12(11)14(17)18-10-6-2-1-3-7-10/h4-7H,2-3,8-10H2,1H3,(H,15,16);4-5,8-10H,1-3,6-7H2,(H,15,16). The molecule has 2 aromatic carbocycles. The number of rotatable bonds is 11. The van der Waals surface area contributed by atoms with Gasteiger partial charge >= 0.3 is 23.9 Å². The number of carboxylic acids is 2. The van der Waals surface area contributed by atoms with Crippen LogP contribution in [0.3, 0.4) is 0 Å². The van der Waals surface area contributed by atoms with Crippen LogP contribution in [0.4, 0.5) is 0 Å². The zero-order chi connectivity index (χ0) is 27.0. The molecule has 1 saturated carbocycles. The molecule has 0 spiro atoms. The summed E-state index contributed by atoms with van der Waals surface area (Å²) in [5.41, 5.74) is 0.136. The fraction of sp³-hybridized carbons (Fsp3) is 0.429. The van der Waals surface area contributed by atoms with Gasteiger partial charge in [0.15, 0.2) is 0 Å². The Morgan fingerprint density at radius 2 is 1.24 bits per heavy atom. The molecular weight excluding hydrogens is 480 g/mol. The van der Waals surface area contributed by atoms with Gasteiger partial charge in [0.2, 0.25) is 0 Å². The number of hydrogen-bond acceptors (Lipinski definition) is 7. The predicted molar refractivity (Wildman–Crippen MR) is 135 cm³/mol. The summed E-state index contributed by atoms with van der Waals surface area (Å²) in [6, 6.07) is 12.1. The Labute approximate surface area is 216 Å². The van der Waals surface area contributed by atoms with Gasteiger partial charge in [0, 0.05) is 6.61 Å². The van der Waals surface area contributed by atoms with Gasteiger partial charge in [0.25, 0.3) is 0 Å². The molecule has 9 heteroatoms. The summed E-state index contributed by atoms with van der Waals surface area (Å²) < 4.78 is 15.6.